The van der Waals surface area contributed by atoms with Crippen molar-refractivity contribution in [2.45, 2.75) is 63.9 Å². The van der Waals surface area contributed by atoms with Gasteiger partial charge in [-0.25, -0.2) is 0 Å². The van der Waals surface area contributed by atoms with Gasteiger partial charge in [-0.3, -0.25) is 0 Å². The molecule has 0 radical (unpaired) electrons. The molecule has 0 aliphatic rings. The van der Waals surface area contributed by atoms with Crippen LogP contribution in [0.2, 0.25) is 0 Å². The van der Waals surface area contributed by atoms with E-state index in [1.807, 2.05) is 11.8 Å². The molecule has 0 unspecified atom stereocenters. The van der Waals surface area contributed by atoms with Crippen LogP contribution in [0.25, 0.3) is 0 Å². The van der Waals surface area contributed by atoms with E-state index in [1.54, 1.807) is 0 Å². The normalized spacial score (nSPS) is 11.1. The highest BCUT2D eigenvalue weighted by molar-refractivity contribution is 7.99. The fraction of sp³-hybridized carbons (Fsp3) is 0.625. The molecule has 0 bridgehead atoms. The zero-order chi connectivity index (χ0) is 13.2. The molecule has 1 rings (SSSR count). The quantitative estimate of drug-likeness (QED) is 0.505. The van der Waals surface area contributed by atoms with Gasteiger partial charge in [0.15, 0.2) is 0 Å². The van der Waals surface area contributed by atoms with E-state index >= 15 is 0 Å². The van der Waals surface area contributed by atoms with Gasteiger partial charge in [-0.2, -0.15) is 0 Å². The van der Waals surface area contributed by atoms with Crippen LogP contribution in [-0.4, -0.2) is 11.8 Å². The molecule has 0 saturated carbocycles. The Balaban J connectivity index is 2.30. The second kappa shape index (κ2) is 9.46. The second-order valence-corrected chi connectivity index (χ2v) is 6.26. The van der Waals surface area contributed by atoms with Crippen LogP contribution < -0.4 is 5.32 Å². The molecule has 18 heavy (non-hydrogen) atoms. The fourth-order valence-corrected chi connectivity index (χ4v) is 2.78. The van der Waals surface area contributed by atoms with Crippen molar-refractivity contribution >= 4 is 11.8 Å². The Morgan fingerprint density at radius 2 is 2.00 bits per heavy atom. The van der Waals surface area contributed by atoms with Gasteiger partial charge in [0.2, 0.25) is 0 Å². The van der Waals surface area contributed by atoms with Gasteiger partial charge in [0.1, 0.15) is 0 Å². The van der Waals surface area contributed by atoms with E-state index in [2.05, 4.69) is 50.4 Å². The van der Waals surface area contributed by atoms with Crippen molar-refractivity contribution in [1.29, 1.82) is 0 Å². The van der Waals surface area contributed by atoms with Crippen LogP contribution in [0, 0.1) is 0 Å². The molecule has 0 saturated heterocycles. The molecular formula is C16H27NS. The Bertz CT molecular complexity index is 323. The van der Waals surface area contributed by atoms with Crippen molar-refractivity contribution < 1.29 is 0 Å². The summed E-state index contributed by atoms with van der Waals surface area (Å²) in [6.07, 6.45) is 5.41. The third-order valence-corrected chi connectivity index (χ3v) is 3.96. The van der Waals surface area contributed by atoms with Gasteiger partial charge in [0, 0.05) is 17.5 Å². The topological polar surface area (TPSA) is 12.0 Å². The zero-order valence-electron chi connectivity index (χ0n) is 12.0. The van der Waals surface area contributed by atoms with Gasteiger partial charge in [0.25, 0.3) is 0 Å². The average molecular weight is 265 g/mol. The van der Waals surface area contributed by atoms with Crippen LogP contribution >= 0.6 is 11.8 Å². The van der Waals surface area contributed by atoms with E-state index in [9.17, 15) is 0 Å². The molecule has 0 aliphatic heterocycles. The molecule has 0 atom stereocenters. The monoisotopic (exact) mass is 265 g/mol. The van der Waals surface area contributed by atoms with Crippen LogP contribution in [0.3, 0.4) is 0 Å². The largest absolute Gasteiger partial charge is 0.310 e. The van der Waals surface area contributed by atoms with Crippen molar-refractivity contribution in [3.8, 4) is 0 Å². The van der Waals surface area contributed by atoms with E-state index in [1.165, 1.54) is 41.9 Å². The maximum Gasteiger partial charge on any atom is 0.0208 e. The third-order valence-electron chi connectivity index (χ3n) is 2.88. The Kier molecular flexibility index (Phi) is 8.19. The maximum atomic E-state index is 3.46. The lowest BCUT2D eigenvalue weighted by Gasteiger charge is -2.09. The molecule has 2 heteroatoms. The first-order chi connectivity index (χ1) is 8.72. The van der Waals surface area contributed by atoms with Gasteiger partial charge in [-0.15, -0.1) is 11.8 Å². The van der Waals surface area contributed by atoms with Crippen molar-refractivity contribution in [3.63, 3.8) is 0 Å². The summed E-state index contributed by atoms with van der Waals surface area (Å²) >= 11 is 1.99. The summed E-state index contributed by atoms with van der Waals surface area (Å²) in [7, 11) is 0. The standard InChI is InChI=1S/C16H27NS/c1-4-5-6-7-11-18-16-10-8-9-15(12-16)13-17-14(2)3/h8-10,12,14,17H,4-7,11,13H2,1-3H3. The first-order valence-electron chi connectivity index (χ1n) is 7.17. The van der Waals surface area contributed by atoms with Crippen molar-refractivity contribution in [2.75, 3.05) is 5.75 Å². The van der Waals surface area contributed by atoms with Gasteiger partial charge in [-0.1, -0.05) is 52.2 Å². The maximum absolute atomic E-state index is 3.46. The lowest BCUT2D eigenvalue weighted by molar-refractivity contribution is 0.588. The molecule has 0 fully saturated rings. The molecule has 1 aromatic carbocycles. The minimum absolute atomic E-state index is 0.551. The predicted molar refractivity (Wildman–Crippen MR) is 83.3 cm³/mol. The van der Waals surface area contributed by atoms with E-state index in [0.29, 0.717) is 6.04 Å². The minimum Gasteiger partial charge on any atom is -0.310 e. The number of nitrogens with one attached hydrogen (secondary N) is 1. The molecule has 0 aromatic heterocycles. The molecule has 0 amide bonds. The molecule has 0 heterocycles. The Labute approximate surface area is 117 Å². The summed E-state index contributed by atoms with van der Waals surface area (Å²) in [5, 5.41) is 3.46. The van der Waals surface area contributed by atoms with Crippen LogP contribution in [0.5, 0.6) is 0 Å². The van der Waals surface area contributed by atoms with E-state index < -0.39 is 0 Å². The van der Waals surface area contributed by atoms with Crippen LogP contribution in [-0.2, 0) is 6.54 Å². The summed E-state index contributed by atoms with van der Waals surface area (Å²) in [6.45, 7) is 7.61. The minimum atomic E-state index is 0.551. The summed E-state index contributed by atoms with van der Waals surface area (Å²) in [5.41, 5.74) is 1.39. The highest BCUT2D eigenvalue weighted by Gasteiger charge is 1.98. The average Bonchev–Trinajstić information content (AvgIpc) is 2.37. The number of benzene rings is 1. The number of rotatable bonds is 9. The van der Waals surface area contributed by atoms with Crippen molar-refractivity contribution in [1.82, 2.24) is 5.32 Å². The molecule has 1 N–H and O–H groups in total. The number of unbranched alkanes of at least 4 members (excludes halogenated alkanes) is 3. The molecule has 0 spiro atoms. The lowest BCUT2D eigenvalue weighted by atomic mass is 10.2. The Morgan fingerprint density at radius 1 is 1.17 bits per heavy atom. The van der Waals surface area contributed by atoms with E-state index in [-0.39, 0.29) is 0 Å². The number of hydrogen-bond donors (Lipinski definition) is 1. The van der Waals surface area contributed by atoms with Crippen LogP contribution in [0.1, 0.15) is 52.0 Å². The molecule has 1 aromatic rings. The van der Waals surface area contributed by atoms with Crippen LogP contribution in [0.4, 0.5) is 0 Å². The van der Waals surface area contributed by atoms with E-state index in [0.717, 1.165) is 6.54 Å². The van der Waals surface area contributed by atoms with E-state index in [4.69, 9.17) is 0 Å². The Morgan fingerprint density at radius 3 is 2.72 bits per heavy atom. The molecule has 102 valence electrons. The number of thioether (sulfide) groups is 1. The fourth-order valence-electron chi connectivity index (χ4n) is 1.79. The van der Waals surface area contributed by atoms with Crippen molar-refractivity contribution in [2.24, 2.45) is 0 Å². The predicted octanol–water partition coefficient (Wildman–Crippen LogP) is 4.86. The highest BCUT2D eigenvalue weighted by Crippen LogP contribution is 2.21. The molecule has 1 nitrogen and oxygen atoms in total. The van der Waals surface area contributed by atoms with Gasteiger partial charge in [0.05, 0.1) is 0 Å². The van der Waals surface area contributed by atoms with Crippen molar-refractivity contribution in [3.05, 3.63) is 29.8 Å². The summed E-state index contributed by atoms with van der Waals surface area (Å²) in [5.74, 6) is 1.25. The first-order valence-corrected chi connectivity index (χ1v) is 8.16. The van der Waals surface area contributed by atoms with Gasteiger partial charge in [-0.05, 0) is 29.9 Å². The summed E-state index contributed by atoms with van der Waals surface area (Å²) in [4.78, 5) is 1.41. The van der Waals surface area contributed by atoms with Crippen LogP contribution in [0.15, 0.2) is 29.2 Å². The van der Waals surface area contributed by atoms with Gasteiger partial charge >= 0.3 is 0 Å². The molecular weight excluding hydrogens is 238 g/mol. The third kappa shape index (κ3) is 7.07. The zero-order valence-corrected chi connectivity index (χ0v) is 12.9. The van der Waals surface area contributed by atoms with Gasteiger partial charge < -0.3 is 5.32 Å². The lowest BCUT2D eigenvalue weighted by Crippen LogP contribution is -2.21. The summed E-state index contributed by atoms with van der Waals surface area (Å²) in [6, 6.07) is 9.47. The first kappa shape index (κ1) is 15.6. The number of hydrogen-bond acceptors (Lipinski definition) is 2. The second-order valence-electron chi connectivity index (χ2n) is 5.09. The SMILES string of the molecule is CCCCCCSc1cccc(CNC(C)C)c1. The molecule has 0 aliphatic carbocycles. The summed E-state index contributed by atoms with van der Waals surface area (Å²) < 4.78 is 0. The Hall–Kier alpha value is -0.470. The smallest absolute Gasteiger partial charge is 0.0208 e. The highest BCUT2D eigenvalue weighted by atomic mass is 32.2.